The molecule has 0 aliphatic heterocycles. The number of nitrogens with one attached hydrogen (secondary N) is 1. The first-order valence-corrected chi connectivity index (χ1v) is 7.18. The average Bonchev–Trinajstić information content (AvgIpc) is 2.38. The zero-order valence-corrected chi connectivity index (χ0v) is 12.6. The number of aliphatic hydroxyl groups is 1. The maximum atomic E-state index is 10.2. The van der Waals surface area contributed by atoms with E-state index in [0.29, 0.717) is 6.54 Å². The first-order chi connectivity index (χ1) is 8.99. The molecule has 0 bridgehead atoms. The Kier molecular flexibility index (Phi) is 6.32. The van der Waals surface area contributed by atoms with E-state index in [-0.39, 0.29) is 6.10 Å². The van der Waals surface area contributed by atoms with Gasteiger partial charge in [-0.1, -0.05) is 26.0 Å². The lowest BCUT2D eigenvalue weighted by Gasteiger charge is -2.25. The maximum absolute atomic E-state index is 10.2. The van der Waals surface area contributed by atoms with Gasteiger partial charge >= 0.3 is 0 Å². The van der Waals surface area contributed by atoms with E-state index >= 15 is 0 Å². The fourth-order valence-electron chi connectivity index (χ4n) is 1.94. The van der Waals surface area contributed by atoms with E-state index in [9.17, 15) is 5.11 Å². The zero-order chi connectivity index (χ0) is 14.3. The minimum atomic E-state index is -0.591. The van der Waals surface area contributed by atoms with Crippen molar-refractivity contribution in [1.29, 1.82) is 0 Å². The van der Waals surface area contributed by atoms with Crippen molar-refractivity contribution in [2.45, 2.75) is 58.8 Å². The predicted octanol–water partition coefficient (Wildman–Crippen LogP) is 3.11. The third kappa shape index (κ3) is 5.62. The largest absolute Gasteiger partial charge is 0.491 e. The van der Waals surface area contributed by atoms with Gasteiger partial charge in [0.2, 0.25) is 0 Å². The van der Waals surface area contributed by atoms with E-state index in [1.807, 2.05) is 45.9 Å². The highest BCUT2D eigenvalue weighted by Gasteiger charge is 2.20. The van der Waals surface area contributed by atoms with Crippen LogP contribution < -0.4 is 10.1 Å². The molecule has 0 aromatic heterocycles. The zero-order valence-electron chi connectivity index (χ0n) is 12.6. The molecule has 0 atom stereocenters. The van der Waals surface area contributed by atoms with Crippen molar-refractivity contribution < 1.29 is 9.84 Å². The molecule has 0 spiro atoms. The maximum Gasteiger partial charge on any atom is 0.120 e. The van der Waals surface area contributed by atoms with Crippen LogP contribution in [0, 0.1) is 0 Å². The lowest BCUT2D eigenvalue weighted by atomic mass is 9.97. The molecule has 19 heavy (non-hydrogen) atoms. The van der Waals surface area contributed by atoms with E-state index in [0.717, 1.165) is 25.1 Å². The Bertz CT molecular complexity index is 373. The fraction of sp³-hybridized carbons (Fsp3) is 0.625. The Labute approximate surface area is 117 Å². The van der Waals surface area contributed by atoms with Crippen molar-refractivity contribution in [3.8, 4) is 5.75 Å². The summed E-state index contributed by atoms with van der Waals surface area (Å²) < 4.78 is 5.67. The van der Waals surface area contributed by atoms with Crippen LogP contribution in [0.1, 0.15) is 46.1 Å². The number of rotatable bonds is 8. The van der Waals surface area contributed by atoms with Gasteiger partial charge in [0.15, 0.2) is 0 Å². The van der Waals surface area contributed by atoms with Crippen LogP contribution in [0.2, 0.25) is 0 Å². The molecule has 1 aromatic carbocycles. The minimum absolute atomic E-state index is 0.188. The SMILES string of the molecule is CCC(O)(CC)CNCc1cccc(OC(C)C)c1. The molecule has 0 fully saturated rings. The first kappa shape index (κ1) is 16.0. The molecule has 3 heteroatoms. The van der Waals surface area contributed by atoms with Crippen LogP contribution in [-0.2, 0) is 6.54 Å². The Balaban J connectivity index is 2.49. The van der Waals surface area contributed by atoms with Crippen LogP contribution in [0.15, 0.2) is 24.3 Å². The van der Waals surface area contributed by atoms with Crippen molar-refractivity contribution in [2.24, 2.45) is 0 Å². The molecule has 2 N–H and O–H groups in total. The summed E-state index contributed by atoms with van der Waals surface area (Å²) in [4.78, 5) is 0. The van der Waals surface area contributed by atoms with Gasteiger partial charge in [0.1, 0.15) is 5.75 Å². The smallest absolute Gasteiger partial charge is 0.120 e. The summed E-state index contributed by atoms with van der Waals surface area (Å²) in [5, 5.41) is 13.5. The van der Waals surface area contributed by atoms with Gasteiger partial charge in [0.05, 0.1) is 11.7 Å². The van der Waals surface area contributed by atoms with Crippen molar-refractivity contribution in [3.05, 3.63) is 29.8 Å². The Morgan fingerprint density at radius 3 is 2.53 bits per heavy atom. The molecule has 3 nitrogen and oxygen atoms in total. The molecule has 0 radical (unpaired) electrons. The minimum Gasteiger partial charge on any atom is -0.491 e. The van der Waals surface area contributed by atoms with Crippen LogP contribution in [-0.4, -0.2) is 23.4 Å². The molecule has 0 aliphatic carbocycles. The third-order valence-electron chi connectivity index (χ3n) is 3.37. The summed E-state index contributed by atoms with van der Waals surface area (Å²) >= 11 is 0. The van der Waals surface area contributed by atoms with Crippen LogP contribution in [0.25, 0.3) is 0 Å². The fourth-order valence-corrected chi connectivity index (χ4v) is 1.94. The average molecular weight is 265 g/mol. The molecule has 1 rings (SSSR count). The normalized spacial score (nSPS) is 11.9. The topological polar surface area (TPSA) is 41.5 Å². The summed E-state index contributed by atoms with van der Waals surface area (Å²) in [6, 6.07) is 8.08. The Morgan fingerprint density at radius 1 is 1.26 bits per heavy atom. The van der Waals surface area contributed by atoms with Crippen molar-refractivity contribution in [2.75, 3.05) is 6.54 Å². The lowest BCUT2D eigenvalue weighted by Crippen LogP contribution is -2.39. The van der Waals surface area contributed by atoms with E-state index in [1.54, 1.807) is 0 Å². The summed E-state index contributed by atoms with van der Waals surface area (Å²) in [6.07, 6.45) is 1.73. The van der Waals surface area contributed by atoms with Crippen LogP contribution in [0.4, 0.5) is 0 Å². The highest BCUT2D eigenvalue weighted by Crippen LogP contribution is 2.16. The van der Waals surface area contributed by atoms with Gasteiger partial charge in [0, 0.05) is 13.1 Å². The van der Waals surface area contributed by atoms with Gasteiger partial charge in [-0.15, -0.1) is 0 Å². The molecule has 0 unspecified atom stereocenters. The molecule has 108 valence electrons. The second-order valence-electron chi connectivity index (χ2n) is 5.35. The van der Waals surface area contributed by atoms with Crippen molar-refractivity contribution in [3.63, 3.8) is 0 Å². The summed E-state index contributed by atoms with van der Waals surface area (Å²) in [5.41, 5.74) is 0.583. The second-order valence-corrected chi connectivity index (χ2v) is 5.35. The van der Waals surface area contributed by atoms with Gasteiger partial charge in [0.25, 0.3) is 0 Å². The second kappa shape index (κ2) is 7.51. The molecule has 1 aromatic rings. The van der Waals surface area contributed by atoms with E-state index in [4.69, 9.17) is 4.74 Å². The quantitative estimate of drug-likeness (QED) is 0.759. The molecule has 0 aliphatic rings. The summed E-state index contributed by atoms with van der Waals surface area (Å²) in [6.45, 7) is 9.44. The van der Waals surface area contributed by atoms with E-state index in [1.165, 1.54) is 5.56 Å². The number of benzene rings is 1. The molecular formula is C16H27NO2. The van der Waals surface area contributed by atoms with Gasteiger partial charge in [-0.05, 0) is 44.4 Å². The Morgan fingerprint density at radius 2 is 1.95 bits per heavy atom. The molecule has 0 saturated carbocycles. The molecule has 0 amide bonds. The number of hydrogen-bond donors (Lipinski definition) is 2. The number of ether oxygens (including phenoxy) is 1. The van der Waals surface area contributed by atoms with Gasteiger partial charge in [-0.3, -0.25) is 0 Å². The van der Waals surface area contributed by atoms with Gasteiger partial charge in [-0.2, -0.15) is 0 Å². The van der Waals surface area contributed by atoms with Crippen LogP contribution >= 0.6 is 0 Å². The van der Waals surface area contributed by atoms with Crippen LogP contribution in [0.3, 0.4) is 0 Å². The van der Waals surface area contributed by atoms with Crippen molar-refractivity contribution >= 4 is 0 Å². The Hall–Kier alpha value is -1.06. The van der Waals surface area contributed by atoms with Crippen molar-refractivity contribution in [1.82, 2.24) is 5.32 Å². The van der Waals surface area contributed by atoms with Crippen LogP contribution in [0.5, 0.6) is 5.75 Å². The van der Waals surface area contributed by atoms with Gasteiger partial charge < -0.3 is 15.2 Å². The highest BCUT2D eigenvalue weighted by molar-refractivity contribution is 5.28. The van der Waals surface area contributed by atoms with E-state index < -0.39 is 5.60 Å². The molecular weight excluding hydrogens is 238 g/mol. The third-order valence-corrected chi connectivity index (χ3v) is 3.37. The molecule has 0 saturated heterocycles. The molecule has 0 heterocycles. The predicted molar refractivity (Wildman–Crippen MR) is 79.4 cm³/mol. The highest BCUT2D eigenvalue weighted by atomic mass is 16.5. The van der Waals surface area contributed by atoms with Gasteiger partial charge in [-0.25, -0.2) is 0 Å². The van der Waals surface area contributed by atoms with E-state index in [2.05, 4.69) is 11.4 Å². The monoisotopic (exact) mass is 265 g/mol. The summed E-state index contributed by atoms with van der Waals surface area (Å²) in [5.74, 6) is 0.899. The summed E-state index contributed by atoms with van der Waals surface area (Å²) in [7, 11) is 0. The number of hydrogen-bond acceptors (Lipinski definition) is 3. The standard InChI is InChI=1S/C16H27NO2/c1-5-16(18,6-2)12-17-11-14-8-7-9-15(10-14)19-13(3)4/h7-10,13,17-18H,5-6,11-12H2,1-4H3. The first-order valence-electron chi connectivity index (χ1n) is 7.18. The lowest BCUT2D eigenvalue weighted by molar-refractivity contribution is 0.0323.